The molecule has 392 valence electrons. The van der Waals surface area contributed by atoms with Gasteiger partial charge in [0.2, 0.25) is 5.91 Å². The molecule has 1 amide bonds. The predicted octanol–water partition coefficient (Wildman–Crippen LogP) is 18.2. The van der Waals surface area contributed by atoms with E-state index in [1.165, 1.54) is 225 Å². The highest BCUT2D eigenvalue weighted by molar-refractivity contribution is 5.76. The van der Waals surface area contributed by atoms with Gasteiger partial charge in [-0.25, -0.2) is 0 Å². The molecule has 0 aromatic rings. The molecule has 0 radical (unpaired) electrons. The highest BCUT2D eigenvalue weighted by Crippen LogP contribution is 2.16. The van der Waals surface area contributed by atoms with E-state index in [4.69, 9.17) is 4.74 Å². The van der Waals surface area contributed by atoms with Gasteiger partial charge in [0.1, 0.15) is 0 Å². The second-order valence-corrected chi connectivity index (χ2v) is 20.0. The molecule has 0 saturated carbocycles. The number of esters is 1. The van der Waals surface area contributed by atoms with Crippen LogP contribution in [0.4, 0.5) is 0 Å². The average Bonchev–Trinajstić information content (AvgIpc) is 3.33. The Kier molecular flexibility index (Phi) is 54.6. The minimum atomic E-state index is -0.845. The number of unbranched alkanes of at least 4 members (excludes halogenated alkanes) is 37. The number of amides is 1. The van der Waals surface area contributed by atoms with Crippen molar-refractivity contribution in [3.05, 3.63) is 48.6 Å². The summed E-state index contributed by atoms with van der Waals surface area (Å²) in [6.07, 6.45) is 71.4. The van der Waals surface area contributed by atoms with Crippen molar-refractivity contribution in [3.63, 3.8) is 0 Å². The summed E-state index contributed by atoms with van der Waals surface area (Å²) in [6, 6.07) is -0.629. The zero-order valence-corrected chi connectivity index (χ0v) is 44.6. The lowest BCUT2D eigenvalue weighted by molar-refractivity contribution is -0.143. The van der Waals surface area contributed by atoms with Crippen LogP contribution in [0.25, 0.3) is 0 Å². The fraction of sp³-hybridized carbons (Fsp3) is 0.836. The van der Waals surface area contributed by atoms with E-state index in [-0.39, 0.29) is 18.5 Å². The van der Waals surface area contributed by atoms with E-state index in [0.717, 1.165) is 51.4 Å². The topological polar surface area (TPSA) is 95.9 Å². The molecule has 0 aromatic heterocycles. The highest BCUT2D eigenvalue weighted by atomic mass is 16.5. The number of aliphatic hydroxyl groups is 2. The van der Waals surface area contributed by atoms with Gasteiger partial charge in [0, 0.05) is 12.8 Å². The minimum absolute atomic E-state index is 0.00228. The Balaban J connectivity index is 3.41. The summed E-state index contributed by atoms with van der Waals surface area (Å²) >= 11 is 0. The summed E-state index contributed by atoms with van der Waals surface area (Å²) in [5.41, 5.74) is 0. The van der Waals surface area contributed by atoms with Crippen molar-refractivity contribution < 1.29 is 24.5 Å². The van der Waals surface area contributed by atoms with Crippen molar-refractivity contribution in [2.75, 3.05) is 13.2 Å². The summed E-state index contributed by atoms with van der Waals surface area (Å²) in [5, 5.41) is 23.0. The highest BCUT2D eigenvalue weighted by Gasteiger charge is 2.18. The van der Waals surface area contributed by atoms with E-state index < -0.39 is 12.1 Å². The first-order chi connectivity index (χ1) is 33.0. The quantitative estimate of drug-likeness (QED) is 0.0321. The van der Waals surface area contributed by atoms with Crippen LogP contribution in [0.5, 0.6) is 0 Å². The summed E-state index contributed by atoms with van der Waals surface area (Å²) in [6.45, 7) is 4.84. The molecular weight excluding hydrogens is 827 g/mol. The third kappa shape index (κ3) is 53.0. The molecule has 6 heteroatoms. The van der Waals surface area contributed by atoms with E-state index in [0.29, 0.717) is 19.4 Å². The van der Waals surface area contributed by atoms with Crippen molar-refractivity contribution in [1.82, 2.24) is 5.32 Å². The van der Waals surface area contributed by atoms with Crippen molar-refractivity contribution >= 4 is 11.9 Å². The van der Waals surface area contributed by atoms with Gasteiger partial charge < -0.3 is 20.3 Å². The number of nitrogens with one attached hydrogen (secondary N) is 1. The third-order valence-electron chi connectivity index (χ3n) is 13.3. The van der Waals surface area contributed by atoms with Gasteiger partial charge in [-0.05, 0) is 83.5 Å². The molecule has 6 nitrogen and oxygen atoms in total. The zero-order valence-electron chi connectivity index (χ0n) is 44.6. The monoisotopic (exact) mass is 940 g/mol. The van der Waals surface area contributed by atoms with E-state index in [9.17, 15) is 19.8 Å². The number of aliphatic hydroxyl groups excluding tert-OH is 2. The molecule has 2 atom stereocenters. The van der Waals surface area contributed by atoms with Gasteiger partial charge in [-0.1, -0.05) is 255 Å². The lowest BCUT2D eigenvalue weighted by Crippen LogP contribution is -2.45. The van der Waals surface area contributed by atoms with Gasteiger partial charge in [0.25, 0.3) is 0 Å². The Bertz CT molecular complexity index is 1130. The maximum atomic E-state index is 12.4. The van der Waals surface area contributed by atoms with Crippen LogP contribution in [0.1, 0.15) is 303 Å². The number of allylic oxidation sites excluding steroid dienone is 7. The van der Waals surface area contributed by atoms with E-state index >= 15 is 0 Å². The third-order valence-corrected chi connectivity index (χ3v) is 13.3. The zero-order chi connectivity index (χ0) is 48.6. The minimum Gasteiger partial charge on any atom is -0.466 e. The fourth-order valence-electron chi connectivity index (χ4n) is 8.76. The Morgan fingerprint density at radius 1 is 0.418 bits per heavy atom. The van der Waals surface area contributed by atoms with Crippen molar-refractivity contribution in [2.24, 2.45) is 0 Å². The Morgan fingerprint density at radius 3 is 1.19 bits per heavy atom. The maximum Gasteiger partial charge on any atom is 0.305 e. The molecule has 0 aliphatic carbocycles. The Hall–Kier alpha value is -2.18. The second kappa shape index (κ2) is 56.4. The number of ether oxygens (including phenoxy) is 1. The first kappa shape index (κ1) is 64.8. The van der Waals surface area contributed by atoms with Crippen LogP contribution in [0.2, 0.25) is 0 Å². The number of hydrogen-bond acceptors (Lipinski definition) is 5. The summed E-state index contributed by atoms with van der Waals surface area (Å²) < 4.78 is 5.47. The number of hydrogen-bond donors (Lipinski definition) is 3. The molecule has 0 heterocycles. The van der Waals surface area contributed by atoms with Gasteiger partial charge in [-0.15, -0.1) is 0 Å². The molecule has 67 heavy (non-hydrogen) atoms. The van der Waals surface area contributed by atoms with Crippen LogP contribution in [-0.2, 0) is 14.3 Å². The first-order valence-electron chi connectivity index (χ1n) is 29.4. The number of carbonyl (C=O) groups is 2. The lowest BCUT2D eigenvalue weighted by atomic mass is 10.0. The Morgan fingerprint density at radius 2 is 0.761 bits per heavy atom. The van der Waals surface area contributed by atoms with Crippen LogP contribution >= 0.6 is 0 Å². The molecule has 0 spiro atoms. The molecule has 0 fully saturated rings. The molecule has 0 aliphatic heterocycles. The first-order valence-corrected chi connectivity index (χ1v) is 29.4. The fourth-order valence-corrected chi connectivity index (χ4v) is 8.76. The van der Waals surface area contributed by atoms with Crippen molar-refractivity contribution in [2.45, 2.75) is 315 Å². The maximum absolute atomic E-state index is 12.4. The SMILES string of the molecule is CCCC/C=C\C/C=C\CCCCCCCC(=O)OCCCCCCCCCCCCCC/C=C\CCCCCCCCCCCC(=O)NC(CO)C(O)/C=C/CCCCCCCCCCC. The molecule has 2 unspecified atom stereocenters. The number of rotatable bonds is 54. The van der Waals surface area contributed by atoms with E-state index in [1.807, 2.05) is 6.08 Å². The Labute approximate surface area is 416 Å². The molecule has 0 saturated heterocycles. The standard InChI is InChI=1S/C61H113NO5/c1-3-5-7-9-11-13-15-16-31-35-39-43-47-51-55-61(66)67-56-52-48-44-40-36-32-29-27-25-23-21-19-17-18-20-22-24-26-28-30-34-38-42-46-50-54-60(65)62-58(57-63)59(64)53-49-45-41-37-33-14-12-10-8-6-4-2/h9,11,15-16,18,20,49,53,58-59,63-64H,3-8,10,12-14,17,19,21-48,50-52,54-57H2,1-2H3,(H,62,65)/b11-9-,16-15-,20-18-,53-49+. The van der Waals surface area contributed by atoms with E-state index in [2.05, 4.69) is 55.6 Å². The molecule has 0 rings (SSSR count). The molecule has 3 N–H and O–H groups in total. The summed E-state index contributed by atoms with van der Waals surface area (Å²) in [7, 11) is 0. The van der Waals surface area contributed by atoms with Crippen LogP contribution in [-0.4, -0.2) is 47.4 Å². The largest absolute Gasteiger partial charge is 0.466 e. The molecule has 0 aliphatic rings. The normalized spacial score (nSPS) is 13.0. The van der Waals surface area contributed by atoms with E-state index in [1.54, 1.807) is 6.08 Å². The number of carbonyl (C=O) groups excluding carboxylic acids is 2. The van der Waals surface area contributed by atoms with Crippen LogP contribution < -0.4 is 5.32 Å². The molecular formula is C61H113NO5. The molecule has 0 aromatic carbocycles. The van der Waals surface area contributed by atoms with Gasteiger partial charge in [0.15, 0.2) is 0 Å². The van der Waals surface area contributed by atoms with Gasteiger partial charge >= 0.3 is 5.97 Å². The smallest absolute Gasteiger partial charge is 0.305 e. The van der Waals surface area contributed by atoms with Crippen LogP contribution in [0.3, 0.4) is 0 Å². The predicted molar refractivity (Wildman–Crippen MR) is 292 cm³/mol. The summed E-state index contributed by atoms with van der Waals surface area (Å²) in [5.74, 6) is -0.0751. The van der Waals surface area contributed by atoms with Gasteiger partial charge in [-0.2, -0.15) is 0 Å². The average molecular weight is 941 g/mol. The van der Waals surface area contributed by atoms with Crippen molar-refractivity contribution in [1.29, 1.82) is 0 Å². The van der Waals surface area contributed by atoms with Crippen LogP contribution in [0, 0.1) is 0 Å². The lowest BCUT2D eigenvalue weighted by Gasteiger charge is -2.20. The van der Waals surface area contributed by atoms with Crippen LogP contribution in [0.15, 0.2) is 48.6 Å². The second-order valence-electron chi connectivity index (χ2n) is 20.0. The van der Waals surface area contributed by atoms with Crippen molar-refractivity contribution in [3.8, 4) is 0 Å². The van der Waals surface area contributed by atoms with Gasteiger partial charge in [0.05, 0.1) is 25.4 Å². The summed E-state index contributed by atoms with van der Waals surface area (Å²) in [4.78, 5) is 24.4. The van der Waals surface area contributed by atoms with Gasteiger partial charge in [-0.3, -0.25) is 9.59 Å². The molecule has 0 bridgehead atoms.